The van der Waals surface area contributed by atoms with E-state index >= 15 is 0 Å². The minimum atomic E-state index is -0.0844. The fourth-order valence-corrected chi connectivity index (χ4v) is 3.87. The molecule has 1 N–H and O–H groups in total. The van der Waals surface area contributed by atoms with Gasteiger partial charge in [0.1, 0.15) is 0 Å². The lowest BCUT2D eigenvalue weighted by Gasteiger charge is -2.32. The van der Waals surface area contributed by atoms with Crippen molar-refractivity contribution in [3.8, 4) is 0 Å². The van der Waals surface area contributed by atoms with Crippen molar-refractivity contribution in [2.75, 3.05) is 37.6 Å². The number of nitrogens with one attached hydrogen (secondary N) is 1. The molecule has 1 saturated heterocycles. The van der Waals surface area contributed by atoms with E-state index in [0.717, 1.165) is 57.5 Å². The summed E-state index contributed by atoms with van der Waals surface area (Å²) in [6.07, 6.45) is 6.37. The van der Waals surface area contributed by atoms with E-state index in [9.17, 15) is 9.59 Å². The Morgan fingerprint density at radius 3 is 2.43 bits per heavy atom. The highest BCUT2D eigenvalue weighted by Crippen LogP contribution is 2.21. The quantitative estimate of drug-likeness (QED) is 0.616. The van der Waals surface area contributed by atoms with Crippen LogP contribution in [0.25, 0.3) is 0 Å². The van der Waals surface area contributed by atoms with Gasteiger partial charge in [0.2, 0.25) is 5.91 Å². The topological polar surface area (TPSA) is 52.7 Å². The maximum Gasteiger partial charge on any atom is 0.253 e. The summed E-state index contributed by atoms with van der Waals surface area (Å²) < 4.78 is 0. The Balaban J connectivity index is 1.88. The number of unbranched alkanes of at least 4 members (excludes halogenated alkanes) is 3. The molecule has 0 saturated carbocycles. The van der Waals surface area contributed by atoms with Crippen molar-refractivity contribution in [3.63, 3.8) is 0 Å². The molecule has 0 bridgehead atoms. The van der Waals surface area contributed by atoms with Crippen LogP contribution in [0.4, 0.5) is 5.69 Å². The molecule has 0 aromatic heterocycles. The first kappa shape index (κ1) is 22.3. The molecule has 28 heavy (non-hydrogen) atoms. The lowest BCUT2D eigenvalue weighted by Crippen LogP contribution is -2.45. The van der Waals surface area contributed by atoms with E-state index in [1.54, 1.807) is 0 Å². The molecule has 5 nitrogen and oxygen atoms in total. The number of piperidine rings is 1. The van der Waals surface area contributed by atoms with Crippen molar-refractivity contribution in [2.24, 2.45) is 5.92 Å². The molecule has 1 atom stereocenters. The Hall–Kier alpha value is -2.04. The van der Waals surface area contributed by atoms with Crippen LogP contribution in [0.2, 0.25) is 0 Å². The molecule has 1 aromatic carbocycles. The number of anilines is 1. The summed E-state index contributed by atoms with van der Waals surface area (Å²) >= 11 is 0. The molecular weight excluding hydrogens is 350 g/mol. The first-order valence-corrected chi connectivity index (χ1v) is 11.0. The number of carbonyl (C=O) groups is 2. The largest absolute Gasteiger partial charge is 0.372 e. The summed E-state index contributed by atoms with van der Waals surface area (Å²) in [5, 5.41) is 3.06. The van der Waals surface area contributed by atoms with Gasteiger partial charge in [-0.15, -0.1) is 0 Å². The van der Waals surface area contributed by atoms with Crippen molar-refractivity contribution in [1.29, 1.82) is 0 Å². The van der Waals surface area contributed by atoms with Gasteiger partial charge in [-0.2, -0.15) is 0 Å². The van der Waals surface area contributed by atoms with Gasteiger partial charge in [-0.25, -0.2) is 0 Å². The van der Waals surface area contributed by atoms with Crippen LogP contribution < -0.4 is 10.2 Å². The SMILES string of the molecule is CCCCCCNC(=O)C1CCCN(C(=O)c2ccc(N(CC)CC)cc2)C1. The highest BCUT2D eigenvalue weighted by Gasteiger charge is 2.28. The van der Waals surface area contributed by atoms with E-state index in [4.69, 9.17) is 0 Å². The maximum absolute atomic E-state index is 12.9. The van der Waals surface area contributed by atoms with E-state index in [1.807, 2.05) is 29.2 Å². The number of hydrogen-bond acceptors (Lipinski definition) is 3. The molecule has 2 amide bonds. The Morgan fingerprint density at radius 2 is 1.79 bits per heavy atom. The van der Waals surface area contributed by atoms with Crippen molar-refractivity contribution in [3.05, 3.63) is 29.8 Å². The van der Waals surface area contributed by atoms with Gasteiger partial charge in [0.05, 0.1) is 5.92 Å². The Kier molecular flexibility index (Phi) is 9.32. The van der Waals surface area contributed by atoms with Gasteiger partial charge >= 0.3 is 0 Å². The minimum absolute atomic E-state index is 0.0338. The molecule has 1 heterocycles. The smallest absolute Gasteiger partial charge is 0.253 e. The van der Waals surface area contributed by atoms with Gasteiger partial charge in [-0.3, -0.25) is 9.59 Å². The molecule has 1 fully saturated rings. The zero-order chi connectivity index (χ0) is 20.4. The minimum Gasteiger partial charge on any atom is -0.372 e. The van der Waals surface area contributed by atoms with E-state index in [-0.39, 0.29) is 17.7 Å². The Labute approximate surface area is 170 Å². The van der Waals surface area contributed by atoms with Crippen molar-refractivity contribution in [1.82, 2.24) is 10.2 Å². The first-order valence-electron chi connectivity index (χ1n) is 11.0. The summed E-state index contributed by atoms with van der Waals surface area (Å²) in [6, 6.07) is 7.86. The van der Waals surface area contributed by atoms with E-state index in [2.05, 4.69) is 31.0 Å². The normalized spacial score (nSPS) is 16.7. The fraction of sp³-hybridized carbons (Fsp3) is 0.652. The molecular formula is C23H37N3O2. The molecule has 1 aromatic rings. The fourth-order valence-electron chi connectivity index (χ4n) is 3.87. The molecule has 156 valence electrons. The number of hydrogen-bond donors (Lipinski definition) is 1. The summed E-state index contributed by atoms with van der Waals surface area (Å²) in [6.45, 7) is 10.3. The number of amides is 2. The molecule has 5 heteroatoms. The second-order valence-electron chi connectivity index (χ2n) is 7.66. The number of rotatable bonds is 10. The molecule has 0 spiro atoms. The predicted molar refractivity (Wildman–Crippen MR) is 116 cm³/mol. The van der Waals surface area contributed by atoms with Gasteiger partial charge in [0.15, 0.2) is 0 Å². The van der Waals surface area contributed by atoms with Crippen molar-refractivity contribution >= 4 is 17.5 Å². The van der Waals surface area contributed by atoms with E-state index in [1.165, 1.54) is 12.8 Å². The van der Waals surface area contributed by atoms with Gasteiger partial charge in [0.25, 0.3) is 5.91 Å². The summed E-state index contributed by atoms with van der Waals surface area (Å²) in [5.74, 6) is 0.0521. The van der Waals surface area contributed by atoms with Crippen LogP contribution in [-0.2, 0) is 4.79 Å². The second-order valence-corrected chi connectivity index (χ2v) is 7.66. The zero-order valence-electron chi connectivity index (χ0n) is 17.9. The average Bonchev–Trinajstić information content (AvgIpc) is 2.74. The Morgan fingerprint density at radius 1 is 1.07 bits per heavy atom. The highest BCUT2D eigenvalue weighted by molar-refractivity contribution is 5.95. The molecule has 2 rings (SSSR count). The summed E-state index contributed by atoms with van der Waals surface area (Å²) in [4.78, 5) is 29.5. The van der Waals surface area contributed by atoms with Crippen LogP contribution in [0.3, 0.4) is 0 Å². The first-order chi connectivity index (χ1) is 13.6. The number of likely N-dealkylation sites (tertiary alicyclic amines) is 1. The standard InChI is InChI=1S/C23H37N3O2/c1-4-7-8-9-16-24-22(27)20-11-10-17-26(18-20)23(28)19-12-14-21(15-13-19)25(5-2)6-3/h12-15,20H,4-11,16-18H2,1-3H3,(H,24,27). The third-order valence-electron chi connectivity index (χ3n) is 5.65. The molecule has 1 aliphatic heterocycles. The van der Waals surface area contributed by atoms with Crippen LogP contribution in [0.15, 0.2) is 24.3 Å². The summed E-state index contributed by atoms with van der Waals surface area (Å²) in [7, 11) is 0. The highest BCUT2D eigenvalue weighted by atomic mass is 16.2. The van der Waals surface area contributed by atoms with Gasteiger partial charge in [0, 0.05) is 44.0 Å². The van der Waals surface area contributed by atoms with Crippen molar-refractivity contribution in [2.45, 2.75) is 59.3 Å². The number of carbonyl (C=O) groups excluding carboxylic acids is 2. The maximum atomic E-state index is 12.9. The van der Waals surface area contributed by atoms with Crippen LogP contribution >= 0.6 is 0 Å². The molecule has 1 aliphatic rings. The monoisotopic (exact) mass is 387 g/mol. The van der Waals surface area contributed by atoms with E-state index in [0.29, 0.717) is 12.1 Å². The number of benzene rings is 1. The van der Waals surface area contributed by atoms with Crippen molar-refractivity contribution < 1.29 is 9.59 Å². The predicted octanol–water partition coefficient (Wildman–Crippen LogP) is 4.08. The zero-order valence-corrected chi connectivity index (χ0v) is 17.9. The van der Waals surface area contributed by atoms with Crippen LogP contribution in [0.1, 0.15) is 69.7 Å². The second kappa shape index (κ2) is 11.7. The van der Waals surface area contributed by atoms with Gasteiger partial charge in [-0.1, -0.05) is 26.2 Å². The third kappa shape index (κ3) is 6.25. The molecule has 1 unspecified atom stereocenters. The summed E-state index contributed by atoms with van der Waals surface area (Å²) in [5.41, 5.74) is 1.84. The number of nitrogens with zero attached hydrogens (tertiary/aromatic N) is 2. The van der Waals surface area contributed by atoms with Gasteiger partial charge < -0.3 is 15.1 Å². The lowest BCUT2D eigenvalue weighted by molar-refractivity contribution is -0.126. The van der Waals surface area contributed by atoms with Crippen LogP contribution in [0, 0.1) is 5.92 Å². The van der Waals surface area contributed by atoms with Crippen LogP contribution in [-0.4, -0.2) is 49.4 Å². The Bertz CT molecular complexity index is 611. The van der Waals surface area contributed by atoms with Gasteiger partial charge in [-0.05, 0) is 57.4 Å². The molecule has 0 radical (unpaired) electrons. The van der Waals surface area contributed by atoms with Crippen LogP contribution in [0.5, 0.6) is 0 Å². The lowest BCUT2D eigenvalue weighted by atomic mass is 9.96. The molecule has 0 aliphatic carbocycles. The average molecular weight is 388 g/mol. The van der Waals surface area contributed by atoms with E-state index < -0.39 is 0 Å². The third-order valence-corrected chi connectivity index (χ3v) is 5.65.